The second kappa shape index (κ2) is 31.7. The lowest BCUT2D eigenvalue weighted by atomic mass is 9.96. The Morgan fingerprint density at radius 2 is 0.641 bits per heavy atom. The molecule has 0 saturated heterocycles. The summed E-state index contributed by atoms with van der Waals surface area (Å²) in [4.78, 5) is 107. The van der Waals surface area contributed by atoms with Gasteiger partial charge in [0.15, 0.2) is 5.78 Å². The standard InChI is InChI=1S/C48H90N8O8/c1-16-17-18-19-20-21-22-23-24-25-26-50-36(58)27-35(34(14)57)51-44(60)38(29(4)5)53-46(62)40(31(8)9)55-48(64)42(33(12)13)56-47(63)41(32(10)11)54-45(61)39(30(6)7)52-43(59)37(49-15)28(2)3/h28-33,35,37-42,49H,16-27H2,1-15H3,(H,50,58)(H,51,60)(H,52,59)(H,53,62)(H,54,61)(H,55,64)(H,56,63)/t35-,37-,38-,39-,40-,41-,42-/m0/s1. The van der Waals surface area contributed by atoms with E-state index in [4.69, 9.17) is 0 Å². The number of hydrogen-bond donors (Lipinski definition) is 8. The second-order valence-electron chi connectivity index (χ2n) is 19.6. The quantitative estimate of drug-likeness (QED) is 0.0435. The van der Waals surface area contributed by atoms with Gasteiger partial charge in [-0.05, 0) is 55.9 Å². The van der Waals surface area contributed by atoms with Crippen molar-refractivity contribution < 1.29 is 38.4 Å². The van der Waals surface area contributed by atoms with E-state index < -0.39 is 101 Å². The Bertz CT molecular complexity index is 1470. The summed E-state index contributed by atoms with van der Waals surface area (Å²) in [5.41, 5.74) is 0. The van der Waals surface area contributed by atoms with E-state index in [-0.39, 0.29) is 30.1 Å². The third kappa shape index (κ3) is 22.7. The monoisotopic (exact) mass is 907 g/mol. The number of hydrogen-bond acceptors (Lipinski definition) is 9. The van der Waals surface area contributed by atoms with Crippen molar-refractivity contribution in [1.29, 1.82) is 0 Å². The Hall–Kier alpha value is -4.08. The van der Waals surface area contributed by atoms with Crippen LogP contribution in [0.3, 0.4) is 0 Å². The van der Waals surface area contributed by atoms with Crippen molar-refractivity contribution in [1.82, 2.24) is 42.5 Å². The van der Waals surface area contributed by atoms with Crippen molar-refractivity contribution in [2.45, 2.75) is 210 Å². The molecule has 64 heavy (non-hydrogen) atoms. The van der Waals surface area contributed by atoms with Gasteiger partial charge in [-0.15, -0.1) is 0 Å². The topological polar surface area (TPSA) is 233 Å². The van der Waals surface area contributed by atoms with Gasteiger partial charge in [-0.2, -0.15) is 0 Å². The largest absolute Gasteiger partial charge is 0.356 e. The molecule has 0 saturated carbocycles. The Morgan fingerprint density at radius 3 is 0.906 bits per heavy atom. The smallest absolute Gasteiger partial charge is 0.243 e. The first-order chi connectivity index (χ1) is 29.9. The van der Waals surface area contributed by atoms with Crippen LogP contribution in [0.2, 0.25) is 0 Å². The highest BCUT2D eigenvalue weighted by molar-refractivity contribution is 5.98. The van der Waals surface area contributed by atoms with Gasteiger partial charge in [-0.3, -0.25) is 38.4 Å². The van der Waals surface area contributed by atoms with Gasteiger partial charge in [0.25, 0.3) is 0 Å². The summed E-state index contributed by atoms with van der Waals surface area (Å²) in [7, 11) is 1.67. The van der Waals surface area contributed by atoms with Crippen LogP contribution in [0, 0.1) is 35.5 Å². The maximum Gasteiger partial charge on any atom is 0.243 e. The number of ketones is 1. The first kappa shape index (κ1) is 59.9. The van der Waals surface area contributed by atoms with Gasteiger partial charge in [-0.1, -0.05) is 148 Å². The third-order valence-corrected chi connectivity index (χ3v) is 11.5. The number of amides is 7. The zero-order valence-electron chi connectivity index (χ0n) is 42.3. The lowest BCUT2D eigenvalue weighted by Crippen LogP contribution is -2.62. The molecule has 0 bridgehead atoms. The van der Waals surface area contributed by atoms with Crippen LogP contribution in [-0.4, -0.2) is 103 Å². The van der Waals surface area contributed by atoms with Crippen molar-refractivity contribution in [3.63, 3.8) is 0 Å². The number of likely N-dealkylation sites (N-methyl/N-ethyl adjacent to an activating group) is 1. The molecule has 0 aliphatic rings. The van der Waals surface area contributed by atoms with Crippen molar-refractivity contribution in [2.75, 3.05) is 13.6 Å². The Balaban J connectivity index is 5.71. The van der Waals surface area contributed by atoms with Gasteiger partial charge in [-0.25, -0.2) is 0 Å². The minimum atomic E-state index is -1.12. The van der Waals surface area contributed by atoms with Gasteiger partial charge < -0.3 is 42.5 Å². The minimum absolute atomic E-state index is 0.0354. The molecule has 0 aliphatic heterocycles. The van der Waals surface area contributed by atoms with Crippen LogP contribution in [0.5, 0.6) is 0 Å². The summed E-state index contributed by atoms with van der Waals surface area (Å²) in [6.45, 7) is 25.2. The molecule has 16 heteroatoms. The van der Waals surface area contributed by atoms with E-state index in [0.717, 1.165) is 19.3 Å². The molecule has 7 amide bonds. The predicted molar refractivity (Wildman–Crippen MR) is 254 cm³/mol. The van der Waals surface area contributed by atoms with Crippen LogP contribution < -0.4 is 42.5 Å². The number of rotatable bonds is 33. The molecule has 8 N–H and O–H groups in total. The lowest BCUT2D eigenvalue weighted by Gasteiger charge is -2.31. The van der Waals surface area contributed by atoms with Crippen molar-refractivity contribution in [2.24, 2.45) is 35.5 Å². The summed E-state index contributed by atoms with van der Waals surface area (Å²) in [5, 5.41) is 22.4. The number of nitrogens with one attached hydrogen (secondary N) is 8. The Kier molecular flexibility index (Phi) is 29.7. The average molecular weight is 907 g/mol. The van der Waals surface area contributed by atoms with Crippen LogP contribution in [0.25, 0.3) is 0 Å². The SMILES string of the molecule is CCCCCCCCCCCCNC(=O)C[C@H](NC(=O)[C@@H](NC(=O)[C@@H](NC(=O)[C@@H](NC(=O)[C@@H](NC(=O)[C@@H](NC(=O)[C@@H](NC)C(C)C)C(C)C)C(C)C)C(C)C)C(C)C)C(C)C)C(C)=O. The van der Waals surface area contributed by atoms with Gasteiger partial charge in [0, 0.05) is 6.54 Å². The normalized spacial score (nSPS) is 15.0. The fourth-order valence-corrected chi connectivity index (χ4v) is 7.31. The average Bonchev–Trinajstić information content (AvgIpc) is 3.19. The van der Waals surface area contributed by atoms with Crippen LogP contribution in [0.4, 0.5) is 0 Å². The van der Waals surface area contributed by atoms with E-state index in [2.05, 4.69) is 49.5 Å². The molecule has 16 nitrogen and oxygen atoms in total. The summed E-state index contributed by atoms with van der Waals surface area (Å²) >= 11 is 0. The molecule has 0 aromatic heterocycles. The molecule has 0 unspecified atom stereocenters. The number of unbranched alkanes of at least 4 members (excludes halogenated alkanes) is 9. The first-order valence-corrected chi connectivity index (χ1v) is 24.2. The van der Waals surface area contributed by atoms with Crippen LogP contribution in [-0.2, 0) is 38.4 Å². The van der Waals surface area contributed by atoms with Gasteiger partial charge in [0.2, 0.25) is 41.4 Å². The van der Waals surface area contributed by atoms with E-state index in [0.29, 0.717) is 6.54 Å². The Labute approximate surface area is 386 Å². The number of Topliss-reactive ketones (excluding diaryl/α,β-unsaturated/α-hetero) is 1. The van der Waals surface area contributed by atoms with Crippen molar-refractivity contribution >= 4 is 47.1 Å². The number of carbonyl (C=O) groups is 8. The fraction of sp³-hybridized carbons (Fsp3) is 0.833. The zero-order valence-corrected chi connectivity index (χ0v) is 42.3. The maximum atomic E-state index is 13.9. The molecule has 0 aromatic rings. The van der Waals surface area contributed by atoms with Gasteiger partial charge in [0.05, 0.1) is 18.5 Å². The molecule has 0 radical (unpaired) electrons. The van der Waals surface area contributed by atoms with Crippen molar-refractivity contribution in [3.8, 4) is 0 Å². The Morgan fingerprint density at radius 1 is 0.375 bits per heavy atom. The van der Waals surface area contributed by atoms with Crippen LogP contribution in [0.15, 0.2) is 0 Å². The van der Waals surface area contributed by atoms with Gasteiger partial charge >= 0.3 is 0 Å². The summed E-state index contributed by atoms with van der Waals surface area (Å²) in [5.74, 6) is -6.24. The molecular formula is C48H90N8O8. The predicted octanol–water partition coefficient (Wildman–Crippen LogP) is 4.44. The molecule has 0 fully saturated rings. The molecule has 0 rings (SSSR count). The maximum absolute atomic E-state index is 13.9. The van der Waals surface area contributed by atoms with E-state index in [9.17, 15) is 38.4 Å². The molecule has 370 valence electrons. The van der Waals surface area contributed by atoms with Gasteiger partial charge in [0.1, 0.15) is 30.2 Å². The number of carbonyl (C=O) groups excluding carboxylic acids is 8. The summed E-state index contributed by atoms with van der Waals surface area (Å²) < 4.78 is 0. The summed E-state index contributed by atoms with van der Waals surface area (Å²) in [6.07, 6.45) is 11.5. The minimum Gasteiger partial charge on any atom is -0.356 e. The highest BCUT2D eigenvalue weighted by Crippen LogP contribution is 2.14. The van der Waals surface area contributed by atoms with Crippen LogP contribution in [0.1, 0.15) is 168 Å². The van der Waals surface area contributed by atoms with E-state index in [1.54, 1.807) is 76.3 Å². The van der Waals surface area contributed by atoms with E-state index in [1.807, 2.05) is 13.8 Å². The highest BCUT2D eigenvalue weighted by atomic mass is 16.2. The zero-order chi connectivity index (χ0) is 49.3. The first-order valence-electron chi connectivity index (χ1n) is 24.2. The molecular weight excluding hydrogens is 817 g/mol. The van der Waals surface area contributed by atoms with Crippen LogP contribution >= 0.6 is 0 Å². The highest BCUT2D eigenvalue weighted by Gasteiger charge is 2.37. The molecule has 7 atom stereocenters. The molecule has 0 aromatic carbocycles. The van der Waals surface area contributed by atoms with E-state index in [1.165, 1.54) is 51.9 Å². The second-order valence-corrected chi connectivity index (χ2v) is 19.6. The van der Waals surface area contributed by atoms with Crippen molar-refractivity contribution in [3.05, 3.63) is 0 Å². The molecule has 0 spiro atoms. The van der Waals surface area contributed by atoms with E-state index >= 15 is 0 Å². The molecule has 0 heterocycles. The lowest BCUT2D eigenvalue weighted by molar-refractivity contribution is -0.137. The fourth-order valence-electron chi connectivity index (χ4n) is 7.31. The molecule has 0 aliphatic carbocycles. The third-order valence-electron chi connectivity index (χ3n) is 11.5. The summed E-state index contributed by atoms with van der Waals surface area (Å²) in [6, 6.07) is -6.96.